The molecule has 5 nitrogen and oxygen atoms in total. The van der Waals surface area contributed by atoms with Crippen molar-refractivity contribution in [2.45, 2.75) is 28.9 Å². The minimum Gasteiger partial charge on any atom is -0.508 e. The molecule has 186 valence electrons. The van der Waals surface area contributed by atoms with Gasteiger partial charge in [0.2, 0.25) is 9.84 Å². The van der Waals surface area contributed by atoms with Crippen LogP contribution in [-0.2, 0) is 22.8 Å². The van der Waals surface area contributed by atoms with E-state index in [1.807, 2.05) is 48.5 Å². The highest BCUT2D eigenvalue weighted by Crippen LogP contribution is 2.24. The lowest BCUT2D eigenvalue weighted by Gasteiger charge is -2.26. The zero-order valence-corrected chi connectivity index (χ0v) is 21.2. The second kappa shape index (κ2) is 11.7. The van der Waals surface area contributed by atoms with E-state index in [0.29, 0.717) is 31.1 Å². The summed E-state index contributed by atoms with van der Waals surface area (Å²) in [6, 6.07) is 29.7. The third-order valence-electron chi connectivity index (χ3n) is 5.99. The Hall–Kier alpha value is -3.16. The molecule has 7 heteroatoms. The van der Waals surface area contributed by atoms with Crippen LogP contribution in [0.2, 0.25) is 5.02 Å². The predicted molar refractivity (Wildman–Crippen MR) is 142 cm³/mol. The van der Waals surface area contributed by atoms with E-state index in [0.717, 1.165) is 16.7 Å². The molecule has 0 amide bonds. The number of aliphatic hydroxyl groups excluding tert-OH is 1. The fraction of sp³-hybridized carbons (Fsp3) is 0.172. The molecule has 1 atom stereocenters. The molecule has 0 aromatic heterocycles. The summed E-state index contributed by atoms with van der Waals surface area (Å²) in [6.07, 6.45) is -0.109. The second-order valence-corrected chi connectivity index (χ2v) is 11.1. The minimum absolute atomic E-state index is 0.0150. The van der Waals surface area contributed by atoms with Crippen molar-refractivity contribution in [2.24, 2.45) is 0 Å². The average molecular weight is 522 g/mol. The van der Waals surface area contributed by atoms with E-state index in [2.05, 4.69) is 4.90 Å². The Balaban J connectivity index is 1.51. The molecule has 0 saturated carbocycles. The highest BCUT2D eigenvalue weighted by Gasteiger charge is 2.19. The SMILES string of the molecule is O=S(=O)(c1ccc(O)cc1)c1cccc(CCN(Cc2ccccc2)C[C@@H](O)c2cccc(Cl)c2)c1. The number of benzene rings is 4. The highest BCUT2D eigenvalue weighted by atomic mass is 35.5. The molecule has 2 N–H and O–H groups in total. The Morgan fingerprint density at radius 1 is 0.778 bits per heavy atom. The fourth-order valence-corrected chi connectivity index (χ4v) is 5.59. The third kappa shape index (κ3) is 6.74. The van der Waals surface area contributed by atoms with Gasteiger partial charge < -0.3 is 10.2 Å². The van der Waals surface area contributed by atoms with Gasteiger partial charge in [0.1, 0.15) is 5.75 Å². The quantitative estimate of drug-likeness (QED) is 0.282. The van der Waals surface area contributed by atoms with Crippen LogP contribution in [0.3, 0.4) is 0 Å². The summed E-state index contributed by atoms with van der Waals surface area (Å²) in [5.41, 5.74) is 2.76. The highest BCUT2D eigenvalue weighted by molar-refractivity contribution is 7.91. The number of phenolic OH excluding ortho intramolecular Hbond substituents is 1. The maximum atomic E-state index is 13.1. The molecule has 0 aliphatic carbocycles. The number of hydrogen-bond acceptors (Lipinski definition) is 5. The summed E-state index contributed by atoms with van der Waals surface area (Å²) in [4.78, 5) is 2.49. The molecule has 0 spiro atoms. The van der Waals surface area contributed by atoms with Crippen LogP contribution in [0.15, 0.2) is 113 Å². The molecule has 0 bridgehead atoms. The summed E-state index contributed by atoms with van der Waals surface area (Å²) >= 11 is 6.11. The van der Waals surface area contributed by atoms with Crippen LogP contribution in [0.1, 0.15) is 22.8 Å². The van der Waals surface area contributed by atoms with Crippen LogP contribution in [0.5, 0.6) is 5.75 Å². The standard InChI is InChI=1S/C29H28ClNO4S/c30-25-10-5-9-24(19-25)29(33)21-31(20-23-6-2-1-3-7-23)17-16-22-8-4-11-28(18-22)36(34,35)27-14-12-26(32)13-15-27/h1-15,18-19,29,32-33H,16-17,20-21H2/t29-/m1/s1. The number of halogens is 1. The van der Waals surface area contributed by atoms with Gasteiger partial charge in [-0.3, -0.25) is 4.90 Å². The molecule has 0 aliphatic rings. The summed E-state index contributed by atoms with van der Waals surface area (Å²) in [5.74, 6) is 0.0150. The molecule has 4 aromatic carbocycles. The van der Waals surface area contributed by atoms with Gasteiger partial charge in [0, 0.05) is 24.7 Å². The van der Waals surface area contributed by atoms with Crippen LogP contribution in [0, 0.1) is 0 Å². The predicted octanol–water partition coefficient (Wildman–Crippen LogP) is 5.66. The summed E-state index contributed by atoms with van der Waals surface area (Å²) < 4.78 is 26.1. The van der Waals surface area contributed by atoms with E-state index in [4.69, 9.17) is 11.6 Å². The van der Waals surface area contributed by atoms with Crippen molar-refractivity contribution < 1.29 is 18.6 Å². The van der Waals surface area contributed by atoms with E-state index in [9.17, 15) is 18.6 Å². The van der Waals surface area contributed by atoms with Crippen molar-refractivity contribution >= 4 is 21.4 Å². The normalized spacial score (nSPS) is 12.5. The summed E-state index contributed by atoms with van der Waals surface area (Å²) in [6.45, 7) is 1.67. The monoisotopic (exact) mass is 521 g/mol. The van der Waals surface area contributed by atoms with Gasteiger partial charge in [-0.1, -0.05) is 66.2 Å². The Labute approximate surface area is 217 Å². The molecule has 36 heavy (non-hydrogen) atoms. The Morgan fingerprint density at radius 3 is 2.19 bits per heavy atom. The van der Waals surface area contributed by atoms with Crippen molar-refractivity contribution in [3.05, 3.63) is 125 Å². The molecule has 4 aromatic rings. The first-order valence-corrected chi connectivity index (χ1v) is 13.5. The number of nitrogens with zero attached hydrogens (tertiary/aromatic N) is 1. The van der Waals surface area contributed by atoms with Crippen molar-refractivity contribution in [1.29, 1.82) is 0 Å². The van der Waals surface area contributed by atoms with Gasteiger partial charge in [0.15, 0.2) is 0 Å². The van der Waals surface area contributed by atoms with Crippen molar-refractivity contribution in [3.8, 4) is 5.75 Å². The van der Waals surface area contributed by atoms with Gasteiger partial charge in [-0.2, -0.15) is 0 Å². The lowest BCUT2D eigenvalue weighted by atomic mass is 10.1. The van der Waals surface area contributed by atoms with Gasteiger partial charge in [0.25, 0.3) is 0 Å². The van der Waals surface area contributed by atoms with E-state index < -0.39 is 15.9 Å². The lowest BCUT2D eigenvalue weighted by Crippen LogP contribution is -2.30. The zero-order valence-electron chi connectivity index (χ0n) is 19.7. The van der Waals surface area contributed by atoms with Gasteiger partial charge in [-0.05, 0) is 71.6 Å². The fourth-order valence-electron chi connectivity index (χ4n) is 4.06. The maximum absolute atomic E-state index is 13.1. The van der Waals surface area contributed by atoms with Gasteiger partial charge in [0.05, 0.1) is 15.9 Å². The topological polar surface area (TPSA) is 77.8 Å². The van der Waals surface area contributed by atoms with Crippen LogP contribution in [0.4, 0.5) is 0 Å². The van der Waals surface area contributed by atoms with Gasteiger partial charge in [-0.25, -0.2) is 8.42 Å². The number of aliphatic hydroxyl groups is 1. The summed E-state index contributed by atoms with van der Waals surface area (Å²) in [7, 11) is -3.70. The van der Waals surface area contributed by atoms with E-state index in [1.165, 1.54) is 24.3 Å². The lowest BCUT2D eigenvalue weighted by molar-refractivity contribution is 0.109. The molecule has 0 fully saturated rings. The molecule has 0 heterocycles. The third-order valence-corrected chi connectivity index (χ3v) is 7.99. The zero-order chi connectivity index (χ0) is 25.5. The largest absolute Gasteiger partial charge is 0.508 e. The maximum Gasteiger partial charge on any atom is 0.206 e. The molecule has 0 unspecified atom stereocenters. The first-order valence-electron chi connectivity index (χ1n) is 11.6. The molecule has 0 radical (unpaired) electrons. The van der Waals surface area contributed by atoms with Crippen LogP contribution in [0.25, 0.3) is 0 Å². The number of phenols is 1. The van der Waals surface area contributed by atoms with Crippen molar-refractivity contribution in [2.75, 3.05) is 13.1 Å². The number of aromatic hydroxyl groups is 1. The number of hydrogen-bond donors (Lipinski definition) is 2. The van der Waals surface area contributed by atoms with Crippen LogP contribution >= 0.6 is 11.6 Å². The van der Waals surface area contributed by atoms with Crippen molar-refractivity contribution in [3.63, 3.8) is 0 Å². The first kappa shape index (κ1) is 25.9. The second-order valence-electron chi connectivity index (χ2n) is 8.69. The van der Waals surface area contributed by atoms with Crippen molar-refractivity contribution in [1.82, 2.24) is 4.90 Å². The van der Waals surface area contributed by atoms with Gasteiger partial charge >= 0.3 is 0 Å². The average Bonchev–Trinajstić information content (AvgIpc) is 2.88. The molecular weight excluding hydrogens is 494 g/mol. The first-order chi connectivity index (χ1) is 17.3. The summed E-state index contributed by atoms with van der Waals surface area (Å²) in [5, 5.41) is 21.0. The smallest absolute Gasteiger partial charge is 0.206 e. The van der Waals surface area contributed by atoms with Crippen LogP contribution in [-0.4, -0.2) is 36.6 Å². The number of sulfone groups is 1. The van der Waals surface area contributed by atoms with E-state index in [-0.39, 0.29) is 15.5 Å². The molecule has 4 rings (SSSR count). The molecule has 0 aliphatic heterocycles. The molecular formula is C29H28ClNO4S. The van der Waals surface area contributed by atoms with E-state index >= 15 is 0 Å². The van der Waals surface area contributed by atoms with Crippen LogP contribution < -0.4 is 0 Å². The molecule has 0 saturated heterocycles. The van der Waals surface area contributed by atoms with Gasteiger partial charge in [-0.15, -0.1) is 0 Å². The Kier molecular flexibility index (Phi) is 8.44. The minimum atomic E-state index is -3.70. The van der Waals surface area contributed by atoms with E-state index in [1.54, 1.807) is 30.3 Å². The Bertz CT molecular complexity index is 1390. The Morgan fingerprint density at radius 2 is 1.47 bits per heavy atom. The number of rotatable bonds is 10.